The topological polar surface area (TPSA) is 203 Å². The first kappa shape index (κ1) is 40.4. The number of rotatable bonds is 26. The van der Waals surface area contributed by atoms with Crippen LogP contribution in [0.1, 0.15) is 129 Å². The summed E-state index contributed by atoms with van der Waals surface area (Å²) in [4.78, 5) is 21.7. The second-order valence-electron chi connectivity index (χ2n) is 11.9. The van der Waals surface area contributed by atoms with Gasteiger partial charge in [-0.15, -0.1) is 0 Å². The molecule has 1 rings (SSSR count). The Morgan fingerprint density at radius 2 is 1.00 bits per heavy atom. The van der Waals surface area contributed by atoms with Gasteiger partial charge in [0.2, 0.25) is 0 Å². The van der Waals surface area contributed by atoms with E-state index in [4.69, 9.17) is 4.74 Å². The summed E-state index contributed by atoms with van der Waals surface area (Å²) in [6.45, 7) is 1.01. The number of phosphoric ester groups is 1. The molecule has 7 N–H and O–H groups in total. The average Bonchev–Trinajstić information content (AvgIpc) is 2.98. The first-order chi connectivity index (χ1) is 20.5. The Labute approximate surface area is 257 Å². The zero-order chi connectivity index (χ0) is 32.1. The van der Waals surface area contributed by atoms with E-state index >= 15 is 0 Å². The molecule has 0 amide bonds. The first-order valence-electron chi connectivity index (χ1n) is 16.4. The highest BCUT2D eigenvalue weighted by atomic mass is 31.2. The fourth-order valence-electron chi connectivity index (χ4n) is 5.17. The van der Waals surface area contributed by atoms with Crippen molar-refractivity contribution in [3.8, 4) is 0 Å². The number of esters is 1. The maximum absolute atomic E-state index is 12.1. The summed E-state index contributed by atoms with van der Waals surface area (Å²) in [6.07, 6.45) is 9.51. The van der Waals surface area contributed by atoms with Crippen LogP contribution in [0, 0.1) is 0 Å². The Hall–Kier alpha value is -0.660. The fourth-order valence-corrected chi connectivity index (χ4v) is 6.14. The van der Waals surface area contributed by atoms with Crippen LogP contribution in [0.25, 0.3) is 0 Å². The molecule has 0 aromatic carbocycles. The Morgan fingerprint density at radius 1 is 0.628 bits per heavy atom. The lowest BCUT2D eigenvalue weighted by Gasteiger charge is -2.41. The maximum atomic E-state index is 12.1. The van der Waals surface area contributed by atoms with Crippen LogP contribution in [0.3, 0.4) is 0 Å². The monoisotopic (exact) mass is 642 g/mol. The number of carbonyl (C=O) groups excluding carboxylic acids is 1. The van der Waals surface area contributed by atoms with Crippen LogP contribution in [0.5, 0.6) is 0 Å². The highest BCUT2D eigenvalue weighted by Crippen LogP contribution is 2.47. The van der Waals surface area contributed by atoms with Gasteiger partial charge in [-0.1, -0.05) is 116 Å². The molecule has 256 valence electrons. The van der Waals surface area contributed by atoms with Crippen LogP contribution in [0.2, 0.25) is 0 Å². The number of carbonyl (C=O) groups is 1. The van der Waals surface area contributed by atoms with E-state index in [1.165, 1.54) is 89.9 Å². The Morgan fingerprint density at radius 3 is 1.42 bits per heavy atom. The van der Waals surface area contributed by atoms with E-state index in [2.05, 4.69) is 16.0 Å². The highest BCUT2D eigenvalue weighted by Gasteiger charge is 2.51. The lowest BCUT2D eigenvalue weighted by atomic mass is 9.85. The van der Waals surface area contributed by atoms with Gasteiger partial charge in [0.1, 0.15) is 49.3 Å². The molecular weight excluding hydrogens is 583 g/mol. The predicted molar refractivity (Wildman–Crippen MR) is 161 cm³/mol. The second-order valence-corrected chi connectivity index (χ2v) is 13.3. The molecule has 0 heterocycles. The minimum Gasteiger partial charge on any atom is -0.463 e. The summed E-state index contributed by atoms with van der Waals surface area (Å²) in [7, 11) is -4.98. The van der Waals surface area contributed by atoms with Crippen molar-refractivity contribution >= 4 is 13.8 Å². The molecule has 12 nitrogen and oxygen atoms in total. The zero-order valence-electron chi connectivity index (χ0n) is 26.0. The molecule has 0 aromatic heterocycles. The minimum absolute atomic E-state index is 0.196. The van der Waals surface area contributed by atoms with E-state index < -0.39 is 69.7 Å². The number of phosphoric acid groups is 1. The Balaban J connectivity index is 1.99. The van der Waals surface area contributed by atoms with Crippen molar-refractivity contribution in [2.24, 2.45) is 0 Å². The average molecular weight is 643 g/mol. The van der Waals surface area contributed by atoms with E-state index in [1.54, 1.807) is 0 Å². The zero-order valence-corrected chi connectivity index (χ0v) is 26.9. The van der Waals surface area contributed by atoms with Gasteiger partial charge >= 0.3 is 13.8 Å². The van der Waals surface area contributed by atoms with Crippen LogP contribution >= 0.6 is 7.82 Å². The van der Waals surface area contributed by atoms with Gasteiger partial charge in [0.15, 0.2) is 0 Å². The second kappa shape index (κ2) is 23.6. The number of ether oxygens (including phenoxy) is 1. The summed E-state index contributed by atoms with van der Waals surface area (Å²) < 4.78 is 26.4. The van der Waals surface area contributed by atoms with Gasteiger partial charge in [-0.3, -0.25) is 13.8 Å². The molecule has 0 radical (unpaired) electrons. The van der Waals surface area contributed by atoms with Crippen molar-refractivity contribution in [3.05, 3.63) is 0 Å². The van der Waals surface area contributed by atoms with Gasteiger partial charge < -0.3 is 40.3 Å². The SMILES string of the molecule is CCCCCCCCCCCCCCCCCCCCC(=O)OCC(O)COP(=O)(O)OC1C(O)C(O)C(O)C(O)C1O. The molecule has 6 atom stereocenters. The molecule has 0 aliphatic heterocycles. The quantitative estimate of drug-likeness (QED) is 0.0411. The van der Waals surface area contributed by atoms with Crippen LogP contribution in [0.15, 0.2) is 0 Å². The number of hydrogen-bond donors (Lipinski definition) is 7. The number of unbranched alkanes of at least 4 members (excludes halogenated alkanes) is 17. The van der Waals surface area contributed by atoms with E-state index in [0.29, 0.717) is 6.42 Å². The van der Waals surface area contributed by atoms with Gasteiger partial charge in [0.25, 0.3) is 0 Å². The van der Waals surface area contributed by atoms with Gasteiger partial charge in [-0.05, 0) is 6.42 Å². The third-order valence-electron chi connectivity index (χ3n) is 7.93. The van der Waals surface area contributed by atoms with E-state index in [0.717, 1.165) is 19.3 Å². The van der Waals surface area contributed by atoms with Crippen LogP contribution in [-0.4, -0.2) is 97.4 Å². The lowest BCUT2D eigenvalue weighted by Crippen LogP contribution is -2.64. The largest absolute Gasteiger partial charge is 0.472 e. The molecule has 1 aliphatic rings. The van der Waals surface area contributed by atoms with Gasteiger partial charge in [0, 0.05) is 6.42 Å². The van der Waals surface area contributed by atoms with Crippen molar-refractivity contribution < 1.29 is 58.7 Å². The molecule has 0 saturated heterocycles. The fraction of sp³-hybridized carbons (Fsp3) is 0.967. The maximum Gasteiger partial charge on any atom is 0.472 e. The van der Waals surface area contributed by atoms with Crippen LogP contribution < -0.4 is 0 Å². The molecule has 6 unspecified atom stereocenters. The number of aliphatic hydroxyl groups is 6. The summed E-state index contributed by atoms with van der Waals surface area (Å²) in [6, 6.07) is 0. The number of hydrogen-bond acceptors (Lipinski definition) is 11. The minimum atomic E-state index is -4.98. The molecule has 1 fully saturated rings. The lowest BCUT2D eigenvalue weighted by molar-refractivity contribution is -0.220. The summed E-state index contributed by atoms with van der Waals surface area (Å²) in [5.41, 5.74) is 0. The molecule has 0 aromatic rings. The summed E-state index contributed by atoms with van der Waals surface area (Å²) >= 11 is 0. The molecule has 13 heteroatoms. The van der Waals surface area contributed by atoms with Crippen molar-refractivity contribution in [2.75, 3.05) is 13.2 Å². The van der Waals surface area contributed by atoms with E-state index in [9.17, 15) is 44.9 Å². The predicted octanol–water partition coefficient (Wildman–Crippen LogP) is 3.64. The van der Waals surface area contributed by atoms with Gasteiger partial charge in [0.05, 0.1) is 6.61 Å². The van der Waals surface area contributed by atoms with Crippen LogP contribution in [0.4, 0.5) is 0 Å². The smallest absolute Gasteiger partial charge is 0.463 e. The molecule has 43 heavy (non-hydrogen) atoms. The normalized spacial score (nSPS) is 26.2. The van der Waals surface area contributed by atoms with Crippen molar-refractivity contribution in [1.82, 2.24) is 0 Å². The Bertz CT molecular complexity index is 741. The summed E-state index contributed by atoms with van der Waals surface area (Å²) in [5, 5.41) is 58.6. The van der Waals surface area contributed by atoms with Crippen LogP contribution in [-0.2, 0) is 23.1 Å². The first-order valence-corrected chi connectivity index (χ1v) is 17.9. The molecule has 1 saturated carbocycles. The van der Waals surface area contributed by atoms with Crippen molar-refractivity contribution in [2.45, 2.75) is 172 Å². The van der Waals surface area contributed by atoms with E-state index in [-0.39, 0.29) is 6.42 Å². The molecule has 1 aliphatic carbocycles. The Kier molecular flexibility index (Phi) is 22.2. The molecular formula is C30H59O12P. The summed E-state index contributed by atoms with van der Waals surface area (Å²) in [5.74, 6) is -0.506. The van der Waals surface area contributed by atoms with Crippen molar-refractivity contribution in [1.29, 1.82) is 0 Å². The van der Waals surface area contributed by atoms with Crippen molar-refractivity contribution in [3.63, 3.8) is 0 Å². The third-order valence-corrected chi connectivity index (χ3v) is 8.91. The van der Waals surface area contributed by atoms with E-state index in [1.807, 2.05) is 0 Å². The van der Waals surface area contributed by atoms with Gasteiger partial charge in [-0.2, -0.15) is 0 Å². The third kappa shape index (κ3) is 18.2. The van der Waals surface area contributed by atoms with Gasteiger partial charge in [-0.25, -0.2) is 4.57 Å². The number of aliphatic hydroxyl groups excluding tert-OH is 6. The highest BCUT2D eigenvalue weighted by molar-refractivity contribution is 7.47. The molecule has 0 bridgehead atoms. The standard InChI is InChI=1S/C30H59O12P/c1-2-3-4-5-6-7-8-9-10-11-12-13-14-15-16-17-18-19-20-24(32)40-21-23(31)22-41-43(38,39)42-30-28(36)26(34)25(33)27(35)29(30)37/h23,25-31,33-37H,2-22H2,1H3,(H,38,39). The molecule has 0 spiro atoms.